The fourth-order valence-corrected chi connectivity index (χ4v) is 3.18. The second-order valence-electron chi connectivity index (χ2n) is 6.27. The summed E-state index contributed by atoms with van der Waals surface area (Å²) >= 11 is 1.31. The number of nitrogens with zero attached hydrogens (tertiary/aromatic N) is 4. The summed E-state index contributed by atoms with van der Waals surface area (Å²) < 4.78 is 1.66. The zero-order valence-corrected chi connectivity index (χ0v) is 15.8. The number of para-hydroxylation sites is 1. The number of hydrogen-bond donors (Lipinski definition) is 1. The Bertz CT molecular complexity index is 889. The van der Waals surface area contributed by atoms with Gasteiger partial charge in [0.15, 0.2) is 0 Å². The van der Waals surface area contributed by atoms with Crippen LogP contribution in [0.25, 0.3) is 5.69 Å². The quantitative estimate of drug-likeness (QED) is 0.671. The largest absolute Gasteiger partial charge is 0.325 e. The molecule has 0 saturated heterocycles. The molecule has 6 nitrogen and oxygen atoms in total. The number of tetrazole rings is 1. The Morgan fingerprint density at radius 3 is 2.58 bits per heavy atom. The fourth-order valence-electron chi connectivity index (χ4n) is 2.50. The minimum atomic E-state index is -0.0911. The molecule has 0 aliphatic heterocycles. The van der Waals surface area contributed by atoms with E-state index in [1.165, 1.54) is 17.3 Å². The van der Waals surface area contributed by atoms with Crippen LogP contribution in [-0.4, -0.2) is 31.9 Å². The second-order valence-corrected chi connectivity index (χ2v) is 7.22. The third kappa shape index (κ3) is 4.29. The highest BCUT2D eigenvalue weighted by atomic mass is 32.2. The Labute approximate surface area is 157 Å². The Morgan fingerprint density at radius 2 is 1.88 bits per heavy atom. The molecule has 1 aromatic heterocycles. The lowest BCUT2D eigenvalue weighted by Crippen LogP contribution is -2.14. The van der Waals surface area contributed by atoms with Crippen LogP contribution >= 0.6 is 11.8 Å². The molecule has 1 amide bonds. The number of carbonyl (C=O) groups is 1. The first-order valence-corrected chi connectivity index (χ1v) is 9.40. The zero-order valence-electron chi connectivity index (χ0n) is 15.0. The van der Waals surface area contributed by atoms with Crippen LogP contribution in [0, 0.1) is 6.92 Å². The Morgan fingerprint density at radius 1 is 1.15 bits per heavy atom. The number of rotatable bonds is 6. The summed E-state index contributed by atoms with van der Waals surface area (Å²) in [7, 11) is 0. The summed E-state index contributed by atoms with van der Waals surface area (Å²) in [5.74, 6) is 0.611. The average molecular weight is 367 g/mol. The highest BCUT2D eigenvalue weighted by molar-refractivity contribution is 7.99. The molecule has 0 fully saturated rings. The van der Waals surface area contributed by atoms with E-state index in [-0.39, 0.29) is 11.7 Å². The van der Waals surface area contributed by atoms with Crippen molar-refractivity contribution < 1.29 is 4.79 Å². The van der Waals surface area contributed by atoms with Crippen molar-refractivity contribution >= 4 is 23.4 Å². The highest BCUT2D eigenvalue weighted by Crippen LogP contribution is 2.21. The van der Waals surface area contributed by atoms with Crippen molar-refractivity contribution in [2.24, 2.45) is 0 Å². The van der Waals surface area contributed by atoms with Gasteiger partial charge in [-0.05, 0) is 52.6 Å². The molecular formula is C19H21N5OS. The average Bonchev–Trinajstić information content (AvgIpc) is 3.09. The first-order chi connectivity index (χ1) is 12.5. The smallest absolute Gasteiger partial charge is 0.234 e. The van der Waals surface area contributed by atoms with Crippen LogP contribution in [0.3, 0.4) is 0 Å². The Hall–Kier alpha value is -2.67. The van der Waals surface area contributed by atoms with Gasteiger partial charge in [0.2, 0.25) is 11.1 Å². The molecule has 26 heavy (non-hydrogen) atoms. The van der Waals surface area contributed by atoms with Crippen LogP contribution in [-0.2, 0) is 4.79 Å². The molecule has 3 aromatic rings. The second kappa shape index (κ2) is 8.14. The normalized spacial score (nSPS) is 10.9. The number of aromatic nitrogens is 4. The standard InChI is InChI=1S/C19H21N5OS/c1-13(2)15-8-10-16(11-9-15)20-18(25)12-26-19-21-22-23-24(19)17-7-5-4-6-14(17)3/h4-11,13H,12H2,1-3H3,(H,20,25). The lowest BCUT2D eigenvalue weighted by atomic mass is 10.0. The van der Waals surface area contributed by atoms with Gasteiger partial charge in [-0.3, -0.25) is 4.79 Å². The van der Waals surface area contributed by atoms with Crippen LogP contribution in [0.5, 0.6) is 0 Å². The molecule has 0 saturated carbocycles. The molecule has 0 aliphatic rings. The lowest BCUT2D eigenvalue weighted by molar-refractivity contribution is -0.113. The van der Waals surface area contributed by atoms with Crippen LogP contribution in [0.4, 0.5) is 5.69 Å². The van der Waals surface area contributed by atoms with Gasteiger partial charge in [-0.25, -0.2) is 0 Å². The van der Waals surface area contributed by atoms with Crippen molar-refractivity contribution in [1.82, 2.24) is 20.2 Å². The topological polar surface area (TPSA) is 72.7 Å². The molecule has 0 atom stereocenters. The molecule has 0 radical (unpaired) electrons. The van der Waals surface area contributed by atoms with E-state index in [4.69, 9.17) is 0 Å². The molecular weight excluding hydrogens is 346 g/mol. The van der Waals surface area contributed by atoms with Crippen molar-refractivity contribution in [2.75, 3.05) is 11.1 Å². The van der Waals surface area contributed by atoms with Gasteiger partial charge in [0.1, 0.15) is 0 Å². The first-order valence-electron chi connectivity index (χ1n) is 8.41. The van der Waals surface area contributed by atoms with E-state index in [0.29, 0.717) is 11.1 Å². The minimum absolute atomic E-state index is 0.0911. The first kappa shape index (κ1) is 18.1. The van der Waals surface area contributed by atoms with E-state index in [2.05, 4.69) is 34.7 Å². The minimum Gasteiger partial charge on any atom is -0.325 e. The summed E-state index contributed by atoms with van der Waals surface area (Å²) in [6, 6.07) is 15.8. The molecule has 2 aromatic carbocycles. The van der Waals surface area contributed by atoms with E-state index in [0.717, 1.165) is 16.9 Å². The molecule has 134 valence electrons. The number of thioether (sulfide) groups is 1. The third-order valence-electron chi connectivity index (χ3n) is 3.98. The van der Waals surface area contributed by atoms with Gasteiger partial charge in [0.05, 0.1) is 11.4 Å². The summed E-state index contributed by atoms with van der Waals surface area (Å²) in [5.41, 5.74) is 4.01. The molecule has 1 heterocycles. The van der Waals surface area contributed by atoms with Gasteiger partial charge in [0, 0.05) is 5.69 Å². The molecule has 0 bridgehead atoms. The number of hydrogen-bond acceptors (Lipinski definition) is 5. The number of carbonyl (C=O) groups excluding carboxylic acids is 1. The Balaban J connectivity index is 1.62. The fraction of sp³-hybridized carbons (Fsp3) is 0.263. The predicted octanol–water partition coefficient (Wildman–Crippen LogP) is 3.82. The van der Waals surface area contributed by atoms with E-state index in [1.807, 2.05) is 55.5 Å². The van der Waals surface area contributed by atoms with Crippen molar-refractivity contribution in [3.05, 3.63) is 59.7 Å². The van der Waals surface area contributed by atoms with Gasteiger partial charge >= 0.3 is 0 Å². The SMILES string of the molecule is Cc1ccccc1-n1nnnc1SCC(=O)Nc1ccc(C(C)C)cc1. The molecule has 3 rings (SSSR count). The summed E-state index contributed by atoms with van der Waals surface area (Å²) in [4.78, 5) is 12.2. The van der Waals surface area contributed by atoms with Crippen molar-refractivity contribution in [1.29, 1.82) is 0 Å². The molecule has 0 spiro atoms. The Kier molecular flexibility index (Phi) is 5.68. The van der Waals surface area contributed by atoms with Gasteiger partial charge in [-0.2, -0.15) is 4.68 Å². The maximum atomic E-state index is 12.2. The molecule has 1 N–H and O–H groups in total. The predicted molar refractivity (Wildman–Crippen MR) is 104 cm³/mol. The van der Waals surface area contributed by atoms with Crippen molar-refractivity contribution in [2.45, 2.75) is 31.8 Å². The number of amides is 1. The van der Waals surface area contributed by atoms with Gasteiger partial charge < -0.3 is 5.32 Å². The van der Waals surface area contributed by atoms with Crippen LogP contribution in [0.1, 0.15) is 30.9 Å². The summed E-state index contributed by atoms with van der Waals surface area (Å²) in [6.07, 6.45) is 0. The third-order valence-corrected chi connectivity index (χ3v) is 4.90. The van der Waals surface area contributed by atoms with E-state index in [1.54, 1.807) is 4.68 Å². The number of aryl methyl sites for hydroxylation is 1. The van der Waals surface area contributed by atoms with Gasteiger partial charge in [-0.1, -0.05) is 55.9 Å². The molecule has 7 heteroatoms. The zero-order chi connectivity index (χ0) is 18.5. The monoisotopic (exact) mass is 367 g/mol. The van der Waals surface area contributed by atoms with Crippen LogP contribution in [0.2, 0.25) is 0 Å². The van der Waals surface area contributed by atoms with Crippen molar-refractivity contribution in [3.63, 3.8) is 0 Å². The lowest BCUT2D eigenvalue weighted by Gasteiger charge is -2.09. The van der Waals surface area contributed by atoms with Gasteiger partial charge in [-0.15, -0.1) is 5.10 Å². The summed E-state index contributed by atoms with van der Waals surface area (Å²) in [5, 5.41) is 15.3. The maximum absolute atomic E-state index is 12.2. The van der Waals surface area contributed by atoms with E-state index < -0.39 is 0 Å². The maximum Gasteiger partial charge on any atom is 0.234 e. The highest BCUT2D eigenvalue weighted by Gasteiger charge is 2.13. The number of benzene rings is 2. The number of anilines is 1. The molecule has 0 unspecified atom stereocenters. The van der Waals surface area contributed by atoms with E-state index >= 15 is 0 Å². The number of nitrogens with one attached hydrogen (secondary N) is 1. The summed E-state index contributed by atoms with van der Waals surface area (Å²) in [6.45, 7) is 6.28. The van der Waals surface area contributed by atoms with E-state index in [9.17, 15) is 4.79 Å². The van der Waals surface area contributed by atoms with Gasteiger partial charge in [0.25, 0.3) is 0 Å². The van der Waals surface area contributed by atoms with Crippen LogP contribution < -0.4 is 5.32 Å². The van der Waals surface area contributed by atoms with Crippen LogP contribution in [0.15, 0.2) is 53.7 Å². The molecule has 0 aliphatic carbocycles. The van der Waals surface area contributed by atoms with Crippen molar-refractivity contribution in [3.8, 4) is 5.69 Å².